The van der Waals surface area contributed by atoms with Crippen LogP contribution in [-0.2, 0) is 28.7 Å². The minimum Gasteiger partial charge on any atom is -0.481 e. The maximum Gasteiger partial charge on any atom is 0.312 e. The van der Waals surface area contributed by atoms with Crippen molar-refractivity contribution in [2.75, 3.05) is 0 Å². The number of allylic oxidation sites excluding steroid dienone is 45. The number of rotatable bonds is 50. The third kappa shape index (κ3) is 71.2. The second-order valence-corrected chi connectivity index (χ2v) is 25.1. The lowest BCUT2D eigenvalue weighted by molar-refractivity contribution is -0.148. The van der Waals surface area contributed by atoms with E-state index in [2.05, 4.69) is 246 Å². The summed E-state index contributed by atoms with van der Waals surface area (Å²) in [6.45, 7) is 15.7. The lowest BCUT2D eigenvalue weighted by Crippen LogP contribution is -2.28. The molecule has 3 atom stereocenters. The highest BCUT2D eigenvalue weighted by Gasteiger charge is 2.40. The fraction of sp³-hybridized carbons (Fsp3) is 0.435. The van der Waals surface area contributed by atoms with Crippen LogP contribution >= 0.6 is 0 Å². The molecule has 3 N–H and O–H groups in total. The van der Waals surface area contributed by atoms with Crippen LogP contribution in [0.2, 0.25) is 0 Å². The number of carboxylic acids is 2. The summed E-state index contributed by atoms with van der Waals surface area (Å²) >= 11 is 0. The molecule has 0 aromatic rings. The fourth-order valence-corrected chi connectivity index (χ4v) is 8.74. The van der Waals surface area contributed by atoms with Crippen LogP contribution in [0.3, 0.4) is 0 Å². The molecule has 0 bridgehead atoms. The molecule has 2 saturated heterocycles. The molecule has 2 aliphatic heterocycles. The molecule has 0 spiro atoms. The molecule has 2 fully saturated rings. The molecule has 0 aromatic heterocycles. The van der Waals surface area contributed by atoms with Gasteiger partial charge in [-0.15, -0.1) is 0 Å². The zero-order chi connectivity index (χ0) is 74.5. The zero-order valence-corrected chi connectivity index (χ0v) is 63.3. The Morgan fingerprint density at radius 2 is 0.683 bits per heavy atom. The molecule has 9 nitrogen and oxygen atoms in total. The predicted molar refractivity (Wildman–Crippen MR) is 435 cm³/mol. The average molecular weight is 1380 g/mol. The standard InChI is InChI=1S/C24H36O3.C24H34O2.C22H30O2.C22H32O2/c1-4-5-6-7-8-9-10-11-12-13-14-15-16-17-18-19-20-22(25)21-24(2,3)23(26)27;1-4-5-6-7-8-9-10-11-12-13-14-15-16-17-18-19-20-22-21-24(2,3)23(25)26-22;1-2-3-4-5-6-7-8-9-10-11-12-13-14-15-16-17-18-21-19-20-22(23)24-21;1-2-3-4-5-6-7-8-9-10-11-12-13-14-15-16-17-18-19-20-21-22(23)24/h5-6,8-9,11-12,14-15,17-20,22,25H,4,7,10,13,16,21H2,1-3H3,(H,26,27);5-6,8-9,11-12,14-15,17-20,22H,4,7,10,13,16,21H2,1-3H3;3-4,6-7,9-10,12-13,15-18,21H,2,5,8,11,14,19-20H2,1H3;3-4,6-7,9-10,12-13,15-16,18-19H,2,5,8,11,14,17,20-21H2,1H3,(H,23,24)/b2*6-5-,9-8-,12-11-,15-14-,18-17-,20-19+;4-3-,7-6-,10-9-,13-12-,16-15-,18-17+;4-3-,7-6-,10-9-,13-12-,16-15-,19-18-. The number of carbonyl (C=O) groups is 4. The van der Waals surface area contributed by atoms with E-state index in [1.54, 1.807) is 26.0 Å². The van der Waals surface area contributed by atoms with Crippen molar-refractivity contribution < 1.29 is 44.0 Å². The maximum atomic E-state index is 11.6. The smallest absolute Gasteiger partial charge is 0.312 e. The third-order valence-corrected chi connectivity index (χ3v) is 14.6. The van der Waals surface area contributed by atoms with Crippen LogP contribution in [-0.4, -0.2) is 57.5 Å². The largest absolute Gasteiger partial charge is 0.481 e. The molecule has 2 heterocycles. The van der Waals surface area contributed by atoms with Gasteiger partial charge in [-0.2, -0.15) is 0 Å². The van der Waals surface area contributed by atoms with Crippen LogP contribution in [0, 0.1) is 10.8 Å². The molecule has 0 saturated carbocycles. The van der Waals surface area contributed by atoms with E-state index in [1.807, 2.05) is 74.6 Å². The van der Waals surface area contributed by atoms with Gasteiger partial charge < -0.3 is 24.8 Å². The Morgan fingerprint density at radius 1 is 0.406 bits per heavy atom. The fourth-order valence-electron chi connectivity index (χ4n) is 8.74. The Morgan fingerprint density at radius 3 is 0.941 bits per heavy atom. The molecule has 554 valence electrons. The summed E-state index contributed by atoms with van der Waals surface area (Å²) in [4.78, 5) is 43.8. The maximum absolute atomic E-state index is 11.6. The first-order valence-corrected chi connectivity index (χ1v) is 37.3. The molecule has 2 rings (SSSR count). The number of hydrogen-bond donors (Lipinski definition) is 3. The van der Waals surface area contributed by atoms with Crippen molar-refractivity contribution in [3.63, 3.8) is 0 Å². The Labute approximate surface area is 614 Å². The van der Waals surface area contributed by atoms with Crippen LogP contribution in [0.5, 0.6) is 0 Å². The molecule has 3 unspecified atom stereocenters. The second-order valence-electron chi connectivity index (χ2n) is 25.1. The van der Waals surface area contributed by atoms with Gasteiger partial charge in [0.25, 0.3) is 0 Å². The van der Waals surface area contributed by atoms with Crippen LogP contribution in [0.25, 0.3) is 0 Å². The van der Waals surface area contributed by atoms with E-state index in [9.17, 15) is 24.3 Å². The normalized spacial score (nSPS) is 17.0. The third-order valence-electron chi connectivity index (χ3n) is 14.6. The van der Waals surface area contributed by atoms with E-state index in [0.717, 1.165) is 148 Å². The van der Waals surface area contributed by atoms with E-state index >= 15 is 0 Å². The first-order chi connectivity index (χ1) is 49.1. The summed E-state index contributed by atoms with van der Waals surface area (Å²) in [5, 5.41) is 27.4. The molecule has 0 aromatic carbocycles. The average Bonchev–Trinajstić information content (AvgIpc) is 1.71. The molecule has 0 radical (unpaired) electrons. The van der Waals surface area contributed by atoms with Gasteiger partial charge >= 0.3 is 23.9 Å². The Hall–Kier alpha value is -8.40. The van der Waals surface area contributed by atoms with Gasteiger partial charge in [-0.25, -0.2) is 0 Å². The molecule has 2 aliphatic rings. The number of hydrogen-bond acceptors (Lipinski definition) is 7. The van der Waals surface area contributed by atoms with Gasteiger partial charge in [-0.05, 0) is 194 Å². The summed E-state index contributed by atoms with van der Waals surface area (Å²) in [7, 11) is 0. The lowest BCUT2D eigenvalue weighted by Gasteiger charge is -2.20. The van der Waals surface area contributed by atoms with Crippen LogP contribution in [0.1, 0.15) is 229 Å². The number of carboxylic acid groups (broad SMARTS) is 2. The number of esters is 2. The zero-order valence-electron chi connectivity index (χ0n) is 63.3. The van der Waals surface area contributed by atoms with Crippen LogP contribution in [0.15, 0.2) is 292 Å². The Kier molecular flexibility index (Phi) is 68.3. The van der Waals surface area contributed by atoms with E-state index in [1.165, 1.54) is 0 Å². The molecule has 0 amide bonds. The van der Waals surface area contributed by atoms with Gasteiger partial charge in [0.2, 0.25) is 0 Å². The SMILES string of the molecule is CC/C=C\C/C=C\C/C=C\C/C=C\C/C=C\C/C=C\CCC(=O)O.CC/C=C\C/C=C\C/C=C\C/C=C\C/C=C\C=C\C(O)CC(C)(C)C(=O)O.CC/C=C\C/C=C\C/C=C\C/C=C\C/C=C\C=C\C1CC(C)(C)C(=O)O1.CC/C=C\C/C=C\C/C=C\C/C=C\C/C=C\C=C\C1CCC(=O)O1. The van der Waals surface area contributed by atoms with Crippen LogP contribution in [0.4, 0.5) is 0 Å². The highest BCUT2D eigenvalue weighted by molar-refractivity contribution is 5.78. The van der Waals surface area contributed by atoms with E-state index in [-0.39, 0.29) is 42.4 Å². The van der Waals surface area contributed by atoms with Crippen molar-refractivity contribution in [1.82, 2.24) is 0 Å². The summed E-state index contributed by atoms with van der Waals surface area (Å²) in [5.74, 6) is -1.83. The predicted octanol–water partition coefficient (Wildman–Crippen LogP) is 25.3. The first-order valence-electron chi connectivity index (χ1n) is 37.3. The Bertz CT molecular complexity index is 2870. The number of aliphatic carboxylic acids is 2. The topological polar surface area (TPSA) is 147 Å². The second kappa shape index (κ2) is 72.8. The number of ether oxygens (including phenoxy) is 2. The van der Waals surface area contributed by atoms with E-state index < -0.39 is 23.5 Å². The molecule has 0 aliphatic carbocycles. The number of aliphatic hydroxyl groups is 1. The van der Waals surface area contributed by atoms with E-state index in [0.29, 0.717) is 12.8 Å². The van der Waals surface area contributed by atoms with Crippen molar-refractivity contribution in [3.05, 3.63) is 292 Å². The number of carbonyl (C=O) groups excluding carboxylic acids is 2. The summed E-state index contributed by atoms with van der Waals surface area (Å²) in [5.41, 5.74) is -1.28. The summed E-state index contributed by atoms with van der Waals surface area (Å²) in [6, 6.07) is 0. The van der Waals surface area contributed by atoms with Gasteiger partial charge in [-0.1, -0.05) is 307 Å². The quantitative estimate of drug-likeness (QED) is 0.0308. The van der Waals surface area contributed by atoms with Crippen molar-refractivity contribution >= 4 is 23.9 Å². The van der Waals surface area contributed by atoms with E-state index in [4.69, 9.17) is 19.7 Å². The van der Waals surface area contributed by atoms with Gasteiger partial charge in [0, 0.05) is 19.3 Å². The van der Waals surface area contributed by atoms with Gasteiger partial charge in [0.1, 0.15) is 12.2 Å². The minimum atomic E-state index is -0.925. The minimum absolute atomic E-state index is 0.0282. The van der Waals surface area contributed by atoms with Crippen molar-refractivity contribution in [2.45, 2.75) is 247 Å². The molecular weight excluding hydrogens is 1250 g/mol. The molecule has 101 heavy (non-hydrogen) atoms. The summed E-state index contributed by atoms with van der Waals surface area (Å²) in [6.07, 6.45) is 124. The Balaban J connectivity index is 0. The van der Waals surface area contributed by atoms with Gasteiger partial charge in [0.15, 0.2) is 0 Å². The first kappa shape index (κ1) is 94.7. The monoisotopic (exact) mass is 1380 g/mol. The van der Waals surface area contributed by atoms with Gasteiger partial charge in [0.05, 0.1) is 16.9 Å². The highest BCUT2D eigenvalue weighted by atomic mass is 16.6. The van der Waals surface area contributed by atoms with Crippen molar-refractivity contribution in [2.24, 2.45) is 10.8 Å². The lowest BCUT2D eigenvalue weighted by atomic mass is 9.87. The molecule has 9 heteroatoms. The highest BCUT2D eigenvalue weighted by Crippen LogP contribution is 2.33. The van der Waals surface area contributed by atoms with Gasteiger partial charge in [-0.3, -0.25) is 19.2 Å². The number of aliphatic hydroxyl groups excluding tert-OH is 1. The number of cyclic esters (lactones) is 2. The van der Waals surface area contributed by atoms with Crippen molar-refractivity contribution in [3.8, 4) is 0 Å². The molecular formula is C92H132O9. The summed E-state index contributed by atoms with van der Waals surface area (Å²) < 4.78 is 10.4. The van der Waals surface area contributed by atoms with Crippen molar-refractivity contribution in [1.29, 1.82) is 0 Å². The van der Waals surface area contributed by atoms with Crippen LogP contribution < -0.4 is 0 Å².